The average molecular weight is 458 g/mol. The van der Waals surface area contributed by atoms with E-state index in [4.69, 9.17) is 19.4 Å². The Labute approximate surface area is 198 Å². The number of ether oxygens (including phenoxy) is 2. The lowest BCUT2D eigenvalue weighted by atomic mass is 10.0. The van der Waals surface area contributed by atoms with Crippen molar-refractivity contribution < 1.29 is 9.47 Å². The second kappa shape index (κ2) is 8.86. The summed E-state index contributed by atoms with van der Waals surface area (Å²) in [5.41, 5.74) is 5.04. The molecule has 168 valence electrons. The molecule has 1 fully saturated rings. The van der Waals surface area contributed by atoms with Crippen LogP contribution >= 0.6 is 11.3 Å². The molecule has 1 aliphatic carbocycles. The van der Waals surface area contributed by atoms with E-state index in [0.29, 0.717) is 5.88 Å². The largest absolute Gasteiger partial charge is 0.438 e. The number of benzene rings is 2. The Morgan fingerprint density at radius 3 is 2.42 bits per heavy atom. The summed E-state index contributed by atoms with van der Waals surface area (Å²) in [6.07, 6.45) is 3.43. The van der Waals surface area contributed by atoms with Gasteiger partial charge in [0.1, 0.15) is 16.4 Å². The first-order valence-electron chi connectivity index (χ1n) is 11.7. The van der Waals surface area contributed by atoms with Gasteiger partial charge in [-0.2, -0.15) is 4.98 Å². The van der Waals surface area contributed by atoms with Crippen molar-refractivity contribution in [3.05, 3.63) is 70.4 Å². The van der Waals surface area contributed by atoms with Crippen molar-refractivity contribution in [2.45, 2.75) is 32.7 Å². The fourth-order valence-corrected chi connectivity index (χ4v) is 5.95. The Kier molecular flexibility index (Phi) is 5.58. The predicted molar refractivity (Wildman–Crippen MR) is 132 cm³/mol. The zero-order valence-electron chi connectivity index (χ0n) is 18.8. The van der Waals surface area contributed by atoms with E-state index in [0.717, 1.165) is 67.5 Å². The summed E-state index contributed by atoms with van der Waals surface area (Å²) < 4.78 is 11.9. The highest BCUT2D eigenvalue weighted by atomic mass is 32.1. The maximum atomic E-state index is 6.43. The highest BCUT2D eigenvalue weighted by Crippen LogP contribution is 2.41. The molecule has 0 spiro atoms. The number of hydrogen-bond acceptors (Lipinski definition) is 6. The summed E-state index contributed by atoms with van der Waals surface area (Å²) in [4.78, 5) is 14.7. The van der Waals surface area contributed by atoms with Gasteiger partial charge in [0, 0.05) is 18.0 Å². The maximum Gasteiger partial charge on any atom is 0.231 e. The summed E-state index contributed by atoms with van der Waals surface area (Å²) in [6.45, 7) is 6.21. The maximum absolute atomic E-state index is 6.43. The number of aromatic nitrogens is 2. The van der Waals surface area contributed by atoms with E-state index in [1.807, 2.05) is 23.5 Å². The van der Waals surface area contributed by atoms with Crippen LogP contribution in [0.1, 0.15) is 28.2 Å². The number of rotatable bonds is 5. The minimum Gasteiger partial charge on any atom is -0.438 e. The minimum absolute atomic E-state index is 0.700. The normalized spacial score (nSPS) is 16.3. The Morgan fingerprint density at radius 2 is 1.67 bits per heavy atom. The van der Waals surface area contributed by atoms with Gasteiger partial charge in [0.15, 0.2) is 0 Å². The van der Waals surface area contributed by atoms with E-state index in [2.05, 4.69) is 48.2 Å². The van der Waals surface area contributed by atoms with Crippen molar-refractivity contribution in [3.8, 4) is 22.8 Å². The van der Waals surface area contributed by atoms with Crippen LogP contribution in [0.2, 0.25) is 0 Å². The monoisotopic (exact) mass is 457 g/mol. The zero-order chi connectivity index (χ0) is 22.2. The number of hydrogen-bond donors (Lipinski definition) is 0. The molecule has 4 aromatic rings. The van der Waals surface area contributed by atoms with Gasteiger partial charge < -0.3 is 9.47 Å². The van der Waals surface area contributed by atoms with Gasteiger partial charge in [0.25, 0.3) is 0 Å². The quantitative estimate of drug-likeness (QED) is 0.380. The third kappa shape index (κ3) is 4.26. The van der Waals surface area contributed by atoms with Crippen molar-refractivity contribution in [1.82, 2.24) is 14.9 Å². The molecule has 1 aliphatic heterocycles. The van der Waals surface area contributed by atoms with Gasteiger partial charge in [0.05, 0.1) is 25.1 Å². The van der Waals surface area contributed by atoms with Crippen LogP contribution in [-0.4, -0.2) is 41.2 Å². The van der Waals surface area contributed by atoms with Crippen LogP contribution in [0.15, 0.2) is 48.5 Å². The van der Waals surface area contributed by atoms with Crippen molar-refractivity contribution in [2.24, 2.45) is 0 Å². The van der Waals surface area contributed by atoms with Crippen molar-refractivity contribution >= 4 is 21.6 Å². The van der Waals surface area contributed by atoms with Gasteiger partial charge in [-0.15, -0.1) is 11.3 Å². The van der Waals surface area contributed by atoms with Crippen LogP contribution < -0.4 is 4.74 Å². The van der Waals surface area contributed by atoms with Crippen LogP contribution in [0, 0.1) is 6.92 Å². The molecule has 0 saturated carbocycles. The molecule has 0 N–H and O–H groups in total. The van der Waals surface area contributed by atoms with Gasteiger partial charge in [-0.25, -0.2) is 4.98 Å². The first kappa shape index (κ1) is 20.8. The summed E-state index contributed by atoms with van der Waals surface area (Å²) in [5.74, 6) is 2.34. The highest BCUT2D eigenvalue weighted by molar-refractivity contribution is 7.19. The number of aryl methyl sites for hydroxylation is 3. The lowest BCUT2D eigenvalue weighted by molar-refractivity contribution is 0.0330. The first-order valence-corrected chi connectivity index (χ1v) is 12.5. The second-order valence-electron chi connectivity index (χ2n) is 8.86. The summed E-state index contributed by atoms with van der Waals surface area (Å²) in [7, 11) is 0. The summed E-state index contributed by atoms with van der Waals surface area (Å²) in [6, 6.07) is 16.9. The molecule has 0 bridgehead atoms. The zero-order valence-corrected chi connectivity index (χ0v) is 19.7. The number of nitrogens with zero attached hydrogens (tertiary/aromatic N) is 3. The molecule has 2 aromatic carbocycles. The number of morpholine rings is 1. The fourth-order valence-electron chi connectivity index (χ4n) is 4.68. The van der Waals surface area contributed by atoms with E-state index < -0.39 is 0 Å². The first-order chi connectivity index (χ1) is 16.2. The molecule has 2 aromatic heterocycles. The molecule has 0 unspecified atom stereocenters. The van der Waals surface area contributed by atoms with Gasteiger partial charge in [-0.1, -0.05) is 42.0 Å². The molecule has 5 nitrogen and oxygen atoms in total. The van der Waals surface area contributed by atoms with Crippen LogP contribution in [-0.2, 0) is 24.1 Å². The lowest BCUT2D eigenvalue weighted by Crippen LogP contribution is -2.36. The van der Waals surface area contributed by atoms with E-state index in [1.165, 1.54) is 33.6 Å². The molecule has 0 amide bonds. The third-order valence-electron chi connectivity index (χ3n) is 6.50. The van der Waals surface area contributed by atoms with E-state index in [9.17, 15) is 0 Å². The van der Waals surface area contributed by atoms with Crippen LogP contribution in [0.25, 0.3) is 21.3 Å². The Balaban J connectivity index is 1.32. The fraction of sp³-hybridized carbons (Fsp3) is 0.333. The minimum atomic E-state index is 0.700. The number of fused-ring (bicyclic) bond motifs is 3. The SMILES string of the molecule is Cc1ccc(-c2ccc(Oc3nc(CN4CCOCC4)nc4sc5c(c34)CCC5)cc2)cc1. The smallest absolute Gasteiger partial charge is 0.231 e. The molecule has 3 heterocycles. The molecular formula is C27H27N3O2S. The van der Waals surface area contributed by atoms with Crippen molar-refractivity contribution in [2.75, 3.05) is 26.3 Å². The highest BCUT2D eigenvalue weighted by Gasteiger charge is 2.24. The van der Waals surface area contributed by atoms with E-state index >= 15 is 0 Å². The summed E-state index contributed by atoms with van der Waals surface area (Å²) in [5, 5.41) is 1.11. The van der Waals surface area contributed by atoms with Gasteiger partial charge >= 0.3 is 0 Å². The van der Waals surface area contributed by atoms with E-state index in [-0.39, 0.29) is 0 Å². The molecule has 1 saturated heterocycles. The Bertz CT molecular complexity index is 1280. The Morgan fingerprint density at radius 1 is 0.939 bits per heavy atom. The topological polar surface area (TPSA) is 47.5 Å². The van der Waals surface area contributed by atoms with Gasteiger partial charge in [-0.3, -0.25) is 4.90 Å². The molecule has 0 radical (unpaired) electrons. The van der Waals surface area contributed by atoms with Crippen LogP contribution in [0.4, 0.5) is 0 Å². The second-order valence-corrected chi connectivity index (χ2v) is 9.95. The molecular weight excluding hydrogens is 430 g/mol. The number of thiophene rings is 1. The predicted octanol–water partition coefficient (Wildman–Crippen LogP) is 5.78. The molecule has 2 aliphatic rings. The van der Waals surface area contributed by atoms with E-state index in [1.54, 1.807) is 0 Å². The molecule has 6 rings (SSSR count). The van der Waals surface area contributed by atoms with Crippen molar-refractivity contribution in [3.63, 3.8) is 0 Å². The van der Waals surface area contributed by atoms with Crippen LogP contribution in [0.3, 0.4) is 0 Å². The third-order valence-corrected chi connectivity index (χ3v) is 7.69. The molecule has 6 heteroatoms. The lowest BCUT2D eigenvalue weighted by Gasteiger charge is -2.25. The average Bonchev–Trinajstić information content (AvgIpc) is 3.42. The van der Waals surface area contributed by atoms with Gasteiger partial charge in [0.2, 0.25) is 5.88 Å². The molecule has 0 atom stereocenters. The van der Waals surface area contributed by atoms with Crippen molar-refractivity contribution in [1.29, 1.82) is 0 Å². The van der Waals surface area contributed by atoms with Gasteiger partial charge in [-0.05, 0) is 55.0 Å². The standard InChI is InChI=1S/C27H27N3O2S/c1-18-5-7-19(8-6-18)20-9-11-21(12-10-20)32-26-25-22-3-2-4-23(22)33-27(25)29-24(28-26)17-30-13-15-31-16-14-30/h5-12H,2-4,13-17H2,1H3. The Hall–Kier alpha value is -2.80. The summed E-state index contributed by atoms with van der Waals surface area (Å²) >= 11 is 1.81. The molecule has 33 heavy (non-hydrogen) atoms. The van der Waals surface area contributed by atoms with Crippen LogP contribution in [0.5, 0.6) is 11.6 Å².